The normalized spacial score (nSPS) is 18.7. The number of ether oxygens (including phenoxy) is 1. The fourth-order valence-electron chi connectivity index (χ4n) is 2.34. The Morgan fingerprint density at radius 2 is 2.16 bits per heavy atom. The number of anilines is 1. The Kier molecular flexibility index (Phi) is 4.13. The van der Waals surface area contributed by atoms with Gasteiger partial charge in [-0.15, -0.1) is 11.3 Å². The van der Waals surface area contributed by atoms with Gasteiger partial charge in [-0.05, 0) is 44.4 Å². The molecule has 1 saturated carbocycles. The van der Waals surface area contributed by atoms with Gasteiger partial charge in [0.1, 0.15) is 6.61 Å². The highest BCUT2D eigenvalue weighted by molar-refractivity contribution is 7.15. The van der Waals surface area contributed by atoms with Crippen molar-refractivity contribution in [3.05, 3.63) is 10.6 Å². The number of carbonyl (C=O) groups excluding carboxylic acids is 1. The summed E-state index contributed by atoms with van der Waals surface area (Å²) in [6.45, 7) is 0.878. The molecule has 0 bridgehead atoms. The van der Waals surface area contributed by atoms with E-state index in [1.54, 1.807) is 11.3 Å². The molecule has 1 amide bonds. The number of hydrogen-bond acceptors (Lipinski definition) is 4. The van der Waals surface area contributed by atoms with Gasteiger partial charge in [-0.25, -0.2) is 4.98 Å². The summed E-state index contributed by atoms with van der Waals surface area (Å²) >= 11 is 1.63. The third-order valence-electron chi connectivity index (χ3n) is 3.63. The number of thiazole rings is 1. The van der Waals surface area contributed by atoms with E-state index in [0.717, 1.165) is 24.6 Å². The fraction of sp³-hybridized carbons (Fsp3) is 0.714. The van der Waals surface area contributed by atoms with Crippen molar-refractivity contribution in [2.24, 2.45) is 5.92 Å². The number of carbonyl (C=O) groups is 1. The van der Waals surface area contributed by atoms with Gasteiger partial charge in [0.05, 0.1) is 12.3 Å². The minimum absolute atomic E-state index is 0.0791. The summed E-state index contributed by atoms with van der Waals surface area (Å²) in [5.41, 5.74) is 1.19. The van der Waals surface area contributed by atoms with Crippen LogP contribution in [0.1, 0.15) is 42.7 Å². The summed E-state index contributed by atoms with van der Waals surface area (Å²) in [4.78, 5) is 17.6. The van der Waals surface area contributed by atoms with Gasteiger partial charge >= 0.3 is 0 Å². The molecule has 2 aliphatic carbocycles. The van der Waals surface area contributed by atoms with Crippen LogP contribution < -0.4 is 5.32 Å². The molecule has 104 valence electrons. The minimum atomic E-state index is -0.0791. The van der Waals surface area contributed by atoms with E-state index in [0.29, 0.717) is 5.92 Å². The first-order valence-electron chi connectivity index (χ1n) is 7.17. The van der Waals surface area contributed by atoms with Gasteiger partial charge in [0, 0.05) is 4.88 Å². The summed E-state index contributed by atoms with van der Waals surface area (Å²) in [5.74, 6) is 0.619. The highest BCUT2D eigenvalue weighted by Gasteiger charge is 2.21. The Bertz CT molecular complexity index is 431. The fourth-order valence-corrected chi connectivity index (χ4v) is 3.41. The Labute approximate surface area is 117 Å². The molecule has 0 saturated heterocycles. The van der Waals surface area contributed by atoms with Gasteiger partial charge in [0.15, 0.2) is 5.13 Å². The lowest BCUT2D eigenvalue weighted by atomic mass is 10.2. The summed E-state index contributed by atoms with van der Waals surface area (Å²) in [6.07, 6.45) is 8.42. The number of hydrogen-bond donors (Lipinski definition) is 1. The molecule has 1 fully saturated rings. The van der Waals surface area contributed by atoms with Crippen molar-refractivity contribution in [3.63, 3.8) is 0 Å². The van der Waals surface area contributed by atoms with Crippen LogP contribution in [-0.4, -0.2) is 24.1 Å². The van der Waals surface area contributed by atoms with Gasteiger partial charge in [-0.3, -0.25) is 10.1 Å². The maximum Gasteiger partial charge on any atom is 0.252 e. The Morgan fingerprint density at radius 1 is 1.32 bits per heavy atom. The molecule has 19 heavy (non-hydrogen) atoms. The first-order chi connectivity index (χ1) is 9.31. The van der Waals surface area contributed by atoms with Crippen LogP contribution in [0.5, 0.6) is 0 Å². The third kappa shape index (κ3) is 3.76. The molecule has 1 heterocycles. The zero-order valence-corrected chi connectivity index (χ0v) is 11.9. The maximum atomic E-state index is 11.7. The SMILES string of the molecule is O=C(COCC1CC1)Nc1nc2c(s1)CCCCC2. The second-order valence-electron chi connectivity index (χ2n) is 5.46. The van der Waals surface area contributed by atoms with Crippen LogP contribution in [0.4, 0.5) is 5.13 Å². The number of fused-ring (bicyclic) bond motifs is 1. The highest BCUT2D eigenvalue weighted by Crippen LogP contribution is 2.29. The van der Waals surface area contributed by atoms with Crippen molar-refractivity contribution in [2.45, 2.75) is 44.9 Å². The molecule has 1 aromatic heterocycles. The van der Waals surface area contributed by atoms with Crippen molar-refractivity contribution in [2.75, 3.05) is 18.5 Å². The van der Waals surface area contributed by atoms with E-state index < -0.39 is 0 Å². The summed E-state index contributed by atoms with van der Waals surface area (Å²) in [6, 6.07) is 0. The van der Waals surface area contributed by atoms with E-state index in [2.05, 4.69) is 10.3 Å². The van der Waals surface area contributed by atoms with Gasteiger partial charge in [-0.2, -0.15) is 0 Å². The van der Waals surface area contributed by atoms with Crippen LogP contribution in [-0.2, 0) is 22.4 Å². The predicted molar refractivity (Wildman–Crippen MR) is 75.5 cm³/mol. The number of nitrogens with one attached hydrogen (secondary N) is 1. The van der Waals surface area contributed by atoms with Crippen molar-refractivity contribution in [3.8, 4) is 0 Å². The summed E-state index contributed by atoms with van der Waals surface area (Å²) in [7, 11) is 0. The lowest BCUT2D eigenvalue weighted by Crippen LogP contribution is -2.18. The molecule has 2 aliphatic rings. The van der Waals surface area contributed by atoms with E-state index in [1.807, 2.05) is 0 Å². The molecule has 4 nitrogen and oxygen atoms in total. The van der Waals surface area contributed by atoms with Crippen LogP contribution in [0.3, 0.4) is 0 Å². The van der Waals surface area contributed by atoms with Gasteiger partial charge in [0.2, 0.25) is 0 Å². The molecule has 1 N–H and O–H groups in total. The minimum Gasteiger partial charge on any atom is -0.371 e. The molecule has 0 aromatic carbocycles. The Hall–Kier alpha value is -0.940. The summed E-state index contributed by atoms with van der Waals surface area (Å²) in [5, 5.41) is 3.60. The Morgan fingerprint density at radius 3 is 3.00 bits per heavy atom. The van der Waals surface area contributed by atoms with Crippen LogP contribution in [0.2, 0.25) is 0 Å². The zero-order chi connectivity index (χ0) is 13.1. The number of rotatable bonds is 5. The van der Waals surface area contributed by atoms with E-state index in [1.165, 1.54) is 42.7 Å². The average molecular weight is 280 g/mol. The van der Waals surface area contributed by atoms with Gasteiger partial charge < -0.3 is 4.74 Å². The van der Waals surface area contributed by atoms with Crippen molar-refractivity contribution in [1.82, 2.24) is 4.98 Å². The van der Waals surface area contributed by atoms with Crippen LogP contribution in [0.15, 0.2) is 0 Å². The number of aromatic nitrogens is 1. The standard InChI is InChI=1S/C14H20N2O2S/c17-13(9-18-8-10-6-7-10)16-14-15-11-4-2-1-3-5-12(11)19-14/h10H,1-9H2,(H,15,16,17). The maximum absolute atomic E-state index is 11.7. The number of aryl methyl sites for hydroxylation is 2. The van der Waals surface area contributed by atoms with Crippen molar-refractivity contribution >= 4 is 22.4 Å². The van der Waals surface area contributed by atoms with Gasteiger partial charge in [-0.1, -0.05) is 6.42 Å². The summed E-state index contributed by atoms with van der Waals surface area (Å²) < 4.78 is 5.38. The molecule has 3 rings (SSSR count). The molecular formula is C14H20N2O2S. The molecule has 0 unspecified atom stereocenters. The second kappa shape index (κ2) is 6.01. The molecule has 0 aliphatic heterocycles. The van der Waals surface area contributed by atoms with E-state index in [4.69, 9.17) is 4.74 Å². The number of nitrogens with zero attached hydrogens (tertiary/aromatic N) is 1. The average Bonchev–Trinajstić information content (AvgIpc) is 3.16. The third-order valence-corrected chi connectivity index (χ3v) is 4.70. The van der Waals surface area contributed by atoms with E-state index in [-0.39, 0.29) is 12.5 Å². The molecule has 5 heteroatoms. The molecule has 0 atom stereocenters. The predicted octanol–water partition coefficient (Wildman–Crippen LogP) is 2.78. The van der Waals surface area contributed by atoms with Crippen LogP contribution in [0.25, 0.3) is 0 Å². The smallest absolute Gasteiger partial charge is 0.252 e. The molecule has 0 radical (unpaired) electrons. The lowest BCUT2D eigenvalue weighted by Gasteiger charge is -2.02. The Balaban J connectivity index is 1.49. The lowest BCUT2D eigenvalue weighted by molar-refractivity contribution is -0.120. The van der Waals surface area contributed by atoms with Gasteiger partial charge in [0.25, 0.3) is 5.91 Å². The van der Waals surface area contributed by atoms with E-state index in [9.17, 15) is 4.79 Å². The first kappa shape index (κ1) is 13.1. The van der Waals surface area contributed by atoms with Crippen molar-refractivity contribution < 1.29 is 9.53 Å². The second-order valence-corrected chi connectivity index (χ2v) is 6.54. The first-order valence-corrected chi connectivity index (χ1v) is 7.99. The molecular weight excluding hydrogens is 260 g/mol. The van der Waals surface area contributed by atoms with Crippen LogP contribution in [0, 0.1) is 5.92 Å². The zero-order valence-electron chi connectivity index (χ0n) is 11.1. The monoisotopic (exact) mass is 280 g/mol. The molecule has 0 spiro atoms. The highest BCUT2D eigenvalue weighted by atomic mass is 32.1. The van der Waals surface area contributed by atoms with E-state index >= 15 is 0 Å². The van der Waals surface area contributed by atoms with Crippen LogP contribution >= 0.6 is 11.3 Å². The molecule has 1 aromatic rings. The van der Waals surface area contributed by atoms with Crippen molar-refractivity contribution in [1.29, 1.82) is 0 Å². The topological polar surface area (TPSA) is 51.2 Å². The largest absolute Gasteiger partial charge is 0.371 e. The quantitative estimate of drug-likeness (QED) is 0.844. The number of amides is 1.